The first kappa shape index (κ1) is 18.8. The number of aliphatic hydroxyl groups is 2. The van der Waals surface area contributed by atoms with Crippen LogP contribution in [0.4, 0.5) is 16.2 Å². The lowest BCUT2D eigenvalue weighted by atomic mass is 10.2. The number of nitro groups is 2. The van der Waals surface area contributed by atoms with Gasteiger partial charge in [-0.05, 0) is 12.1 Å². The van der Waals surface area contributed by atoms with E-state index in [0.717, 1.165) is 36.4 Å². The van der Waals surface area contributed by atoms with Gasteiger partial charge in [-0.15, -0.1) is 0 Å². The molecule has 0 atom stereocenters. The second-order valence-electron chi connectivity index (χ2n) is 4.87. The summed E-state index contributed by atoms with van der Waals surface area (Å²) in [5, 5.41) is 39.9. The van der Waals surface area contributed by atoms with Crippen LogP contribution in [0.5, 0.6) is 11.5 Å². The second kappa shape index (κ2) is 8.00. The zero-order chi connectivity index (χ0) is 19.3. The highest BCUT2D eigenvalue weighted by Gasteiger charge is 2.18. The van der Waals surface area contributed by atoms with Gasteiger partial charge in [0.2, 0.25) is 0 Å². The van der Waals surface area contributed by atoms with Gasteiger partial charge in [-0.1, -0.05) is 0 Å². The van der Waals surface area contributed by atoms with E-state index in [4.69, 9.17) is 9.47 Å². The molecule has 0 aliphatic heterocycles. The quantitative estimate of drug-likeness (QED) is 0.338. The van der Waals surface area contributed by atoms with Gasteiger partial charge in [0.25, 0.3) is 11.4 Å². The van der Waals surface area contributed by atoms with Crippen molar-refractivity contribution in [1.29, 1.82) is 0 Å². The highest BCUT2D eigenvalue weighted by molar-refractivity contribution is 5.69. The van der Waals surface area contributed by atoms with Crippen molar-refractivity contribution >= 4 is 17.5 Å². The minimum absolute atomic E-state index is 0.0118. The summed E-state index contributed by atoms with van der Waals surface area (Å²) in [6.07, 6.45) is -1.25. The molecule has 0 bridgehead atoms. The van der Waals surface area contributed by atoms with Crippen LogP contribution in [0.1, 0.15) is 11.1 Å². The number of carbonyl (C=O) groups is 1. The third-order valence-electron chi connectivity index (χ3n) is 3.24. The van der Waals surface area contributed by atoms with Crippen LogP contribution in [0.25, 0.3) is 0 Å². The van der Waals surface area contributed by atoms with E-state index in [0.29, 0.717) is 0 Å². The number of carbonyl (C=O) groups excluding carboxylic acids is 1. The van der Waals surface area contributed by atoms with Gasteiger partial charge >= 0.3 is 6.16 Å². The Hall–Kier alpha value is -3.57. The van der Waals surface area contributed by atoms with Gasteiger partial charge in [0.15, 0.2) is 0 Å². The van der Waals surface area contributed by atoms with Crippen LogP contribution in [-0.4, -0.2) is 26.2 Å². The molecule has 11 heteroatoms. The first-order valence-electron chi connectivity index (χ1n) is 7.01. The predicted octanol–water partition coefficient (Wildman–Crippen LogP) is 2.07. The van der Waals surface area contributed by atoms with Gasteiger partial charge in [0.05, 0.1) is 23.1 Å². The van der Waals surface area contributed by atoms with Gasteiger partial charge in [0, 0.05) is 35.4 Å². The minimum Gasteiger partial charge on any atom is -0.394 e. The van der Waals surface area contributed by atoms with Gasteiger partial charge in [0.1, 0.15) is 11.5 Å². The number of aliphatic hydroxyl groups excluding tert-OH is 2. The zero-order valence-electron chi connectivity index (χ0n) is 13.0. The summed E-state index contributed by atoms with van der Waals surface area (Å²) in [7, 11) is 0. The molecule has 0 aliphatic carbocycles. The lowest BCUT2D eigenvalue weighted by Crippen LogP contribution is -2.16. The second-order valence-corrected chi connectivity index (χ2v) is 4.87. The van der Waals surface area contributed by atoms with Crippen LogP contribution in [0, 0.1) is 20.2 Å². The number of ether oxygens (including phenoxy) is 2. The van der Waals surface area contributed by atoms with Crippen LogP contribution in [-0.2, 0) is 13.2 Å². The molecule has 0 radical (unpaired) electrons. The fourth-order valence-corrected chi connectivity index (χ4v) is 2.01. The highest BCUT2D eigenvalue weighted by Crippen LogP contribution is 2.27. The number of non-ortho nitro benzene ring substituents is 2. The molecule has 0 unspecified atom stereocenters. The molecule has 2 rings (SSSR count). The van der Waals surface area contributed by atoms with Gasteiger partial charge in [-0.3, -0.25) is 20.2 Å². The average molecular weight is 364 g/mol. The molecule has 26 heavy (non-hydrogen) atoms. The van der Waals surface area contributed by atoms with Crippen LogP contribution in [0.15, 0.2) is 36.4 Å². The van der Waals surface area contributed by atoms with E-state index in [9.17, 15) is 35.2 Å². The van der Waals surface area contributed by atoms with Gasteiger partial charge in [-0.2, -0.15) is 0 Å². The van der Waals surface area contributed by atoms with Crippen LogP contribution < -0.4 is 9.47 Å². The highest BCUT2D eigenvalue weighted by atomic mass is 16.7. The molecule has 2 aromatic rings. The maximum absolute atomic E-state index is 11.9. The Bertz CT molecular complexity index is 797. The van der Waals surface area contributed by atoms with Crippen molar-refractivity contribution in [2.24, 2.45) is 0 Å². The van der Waals surface area contributed by atoms with Crippen LogP contribution in [0.3, 0.4) is 0 Å². The van der Waals surface area contributed by atoms with E-state index >= 15 is 0 Å². The molecule has 0 amide bonds. The maximum Gasteiger partial charge on any atom is 0.519 e. The Morgan fingerprint density at radius 3 is 1.54 bits per heavy atom. The van der Waals surface area contributed by atoms with Crippen molar-refractivity contribution in [3.8, 4) is 11.5 Å². The minimum atomic E-state index is -1.25. The molecule has 11 nitrogen and oxygen atoms in total. The van der Waals surface area contributed by atoms with Gasteiger partial charge in [-0.25, -0.2) is 4.79 Å². The Morgan fingerprint density at radius 1 is 0.846 bits per heavy atom. The summed E-state index contributed by atoms with van der Waals surface area (Å²) in [5.41, 5.74) is -0.620. The Balaban J connectivity index is 2.19. The number of rotatable bonds is 6. The van der Waals surface area contributed by atoms with E-state index in [1.54, 1.807) is 0 Å². The zero-order valence-corrected chi connectivity index (χ0v) is 13.0. The average Bonchev–Trinajstić information content (AvgIpc) is 2.61. The number of benzene rings is 2. The molecule has 0 saturated heterocycles. The van der Waals surface area contributed by atoms with E-state index in [1.165, 1.54) is 0 Å². The topological polar surface area (TPSA) is 162 Å². The third-order valence-corrected chi connectivity index (χ3v) is 3.24. The molecule has 0 heterocycles. The number of nitrogens with zero attached hydrogens (tertiary/aromatic N) is 2. The summed E-state index contributed by atoms with van der Waals surface area (Å²) < 4.78 is 9.79. The van der Waals surface area contributed by atoms with E-state index in [-0.39, 0.29) is 34.0 Å². The Kier molecular flexibility index (Phi) is 5.78. The molecule has 0 spiro atoms. The first-order valence-corrected chi connectivity index (χ1v) is 7.01. The molecule has 136 valence electrons. The summed E-state index contributed by atoms with van der Waals surface area (Å²) in [6, 6.07) is 6.46. The fraction of sp³-hybridized carbons (Fsp3) is 0.133. The van der Waals surface area contributed by atoms with Crippen molar-refractivity contribution in [2.45, 2.75) is 13.2 Å². The fourth-order valence-electron chi connectivity index (χ4n) is 2.01. The largest absolute Gasteiger partial charge is 0.519 e. The maximum atomic E-state index is 11.9. The van der Waals surface area contributed by atoms with E-state index < -0.39 is 29.2 Å². The van der Waals surface area contributed by atoms with Crippen LogP contribution in [0.2, 0.25) is 0 Å². The van der Waals surface area contributed by atoms with Crippen molar-refractivity contribution in [3.63, 3.8) is 0 Å². The standard InChI is InChI=1S/C15H12N2O9/c18-7-9-5-11(16(21)22)1-3-13(9)25-15(20)26-14-4-2-12(17(23)24)6-10(14)8-19/h1-6,18-19H,7-8H2. The SMILES string of the molecule is O=C(Oc1ccc([N+](=O)[O-])cc1CO)Oc1ccc([N+](=O)[O-])cc1CO. The van der Waals surface area contributed by atoms with Crippen molar-refractivity contribution < 1.29 is 34.3 Å². The smallest absolute Gasteiger partial charge is 0.394 e. The Labute approximate surface area is 145 Å². The third kappa shape index (κ3) is 4.28. The number of hydrogen-bond acceptors (Lipinski definition) is 9. The predicted molar refractivity (Wildman–Crippen MR) is 84.7 cm³/mol. The monoisotopic (exact) mass is 364 g/mol. The van der Waals surface area contributed by atoms with E-state index in [2.05, 4.69) is 0 Å². The number of nitro benzene ring substituents is 2. The van der Waals surface area contributed by atoms with Crippen molar-refractivity contribution in [3.05, 3.63) is 67.8 Å². The van der Waals surface area contributed by atoms with Crippen LogP contribution >= 0.6 is 0 Å². The summed E-state index contributed by atoms with van der Waals surface area (Å²) >= 11 is 0. The molecule has 0 aliphatic rings. The summed E-state index contributed by atoms with van der Waals surface area (Å²) in [6.45, 7) is -1.24. The lowest BCUT2D eigenvalue weighted by molar-refractivity contribution is -0.385. The van der Waals surface area contributed by atoms with Crippen molar-refractivity contribution in [1.82, 2.24) is 0 Å². The summed E-state index contributed by atoms with van der Waals surface area (Å²) in [4.78, 5) is 31.9. The molecule has 2 N–H and O–H groups in total. The number of hydrogen-bond donors (Lipinski definition) is 2. The normalized spacial score (nSPS) is 10.2. The molecule has 0 saturated carbocycles. The van der Waals surface area contributed by atoms with E-state index in [1.807, 2.05) is 0 Å². The summed E-state index contributed by atoms with van der Waals surface area (Å²) in [5.74, 6) is -0.314. The molecule has 0 fully saturated rings. The van der Waals surface area contributed by atoms with Gasteiger partial charge < -0.3 is 19.7 Å². The lowest BCUT2D eigenvalue weighted by Gasteiger charge is -2.10. The first-order chi connectivity index (χ1) is 12.3. The molecule has 2 aromatic carbocycles. The Morgan fingerprint density at radius 2 is 1.23 bits per heavy atom. The molecular weight excluding hydrogens is 352 g/mol. The molecule has 0 aromatic heterocycles. The molecular formula is C15H12N2O9. The van der Waals surface area contributed by atoms with Crippen molar-refractivity contribution in [2.75, 3.05) is 0 Å².